The Labute approximate surface area is 142 Å². The van der Waals surface area contributed by atoms with Crippen molar-refractivity contribution in [2.24, 2.45) is 0 Å². The third-order valence-electron chi connectivity index (χ3n) is 3.28. The molecule has 0 heterocycles. The molecule has 1 amide bonds. The van der Waals surface area contributed by atoms with Crippen molar-refractivity contribution in [3.05, 3.63) is 54.1 Å². The average molecular weight is 354 g/mol. The van der Waals surface area contributed by atoms with Gasteiger partial charge in [0, 0.05) is 16.3 Å². The summed E-state index contributed by atoms with van der Waals surface area (Å²) in [5.41, 5.74) is 5.59. The first-order valence-corrected chi connectivity index (χ1v) is 8.18. The van der Waals surface area contributed by atoms with Gasteiger partial charge < -0.3 is 11.1 Å². The van der Waals surface area contributed by atoms with E-state index >= 15 is 0 Å². The van der Waals surface area contributed by atoms with Crippen molar-refractivity contribution < 1.29 is 18.0 Å². The average Bonchev–Trinajstić information content (AvgIpc) is 2.53. The summed E-state index contributed by atoms with van der Waals surface area (Å²) in [5, 5.41) is 2.14. The van der Waals surface area contributed by atoms with Crippen molar-refractivity contribution in [1.29, 1.82) is 0 Å². The van der Waals surface area contributed by atoms with E-state index in [0.29, 0.717) is 12.1 Å². The van der Waals surface area contributed by atoms with Crippen LogP contribution in [-0.2, 0) is 11.0 Å². The van der Waals surface area contributed by atoms with E-state index in [1.165, 1.54) is 23.9 Å². The highest BCUT2D eigenvalue weighted by Crippen LogP contribution is 2.31. The van der Waals surface area contributed by atoms with Crippen molar-refractivity contribution >= 4 is 29.0 Å². The number of thioether (sulfide) groups is 1. The van der Waals surface area contributed by atoms with E-state index in [2.05, 4.69) is 5.32 Å². The van der Waals surface area contributed by atoms with Gasteiger partial charge in [0.25, 0.3) is 0 Å². The second-order valence-electron chi connectivity index (χ2n) is 5.15. The summed E-state index contributed by atoms with van der Waals surface area (Å²) in [6, 6.07) is 11.7. The number of halogens is 3. The standard InChI is InChI=1S/C17H17F3N2OS/c1-2-15(24-14-8-6-12(21)7-9-14)16(23)22-13-5-3-4-11(10-13)17(18,19)20/h3-10,15H,2,21H2,1H3,(H,22,23). The summed E-state index contributed by atoms with van der Waals surface area (Å²) in [7, 11) is 0. The summed E-state index contributed by atoms with van der Waals surface area (Å²) in [4.78, 5) is 13.2. The first-order valence-electron chi connectivity index (χ1n) is 7.30. The fourth-order valence-corrected chi connectivity index (χ4v) is 2.98. The van der Waals surface area contributed by atoms with Gasteiger partial charge in [-0.05, 0) is 48.9 Å². The largest absolute Gasteiger partial charge is 0.416 e. The Hall–Kier alpha value is -2.15. The minimum atomic E-state index is -4.44. The third kappa shape index (κ3) is 4.92. The number of amides is 1. The molecule has 24 heavy (non-hydrogen) atoms. The topological polar surface area (TPSA) is 55.1 Å². The Bertz CT molecular complexity index is 702. The molecule has 0 saturated heterocycles. The lowest BCUT2D eigenvalue weighted by molar-refractivity contribution is -0.137. The van der Waals surface area contributed by atoms with Crippen LogP contribution in [0, 0.1) is 0 Å². The smallest absolute Gasteiger partial charge is 0.399 e. The number of carbonyl (C=O) groups excluding carboxylic acids is 1. The van der Waals surface area contributed by atoms with Crippen LogP contribution in [0.15, 0.2) is 53.4 Å². The molecular weight excluding hydrogens is 337 g/mol. The van der Waals surface area contributed by atoms with Crippen LogP contribution in [0.4, 0.5) is 24.5 Å². The van der Waals surface area contributed by atoms with E-state index in [1.54, 1.807) is 24.3 Å². The summed E-state index contributed by atoms with van der Waals surface area (Å²) < 4.78 is 38.2. The number of nitrogen functional groups attached to an aromatic ring is 1. The second kappa shape index (κ2) is 7.61. The minimum Gasteiger partial charge on any atom is -0.399 e. The summed E-state index contributed by atoms with van der Waals surface area (Å²) in [5.74, 6) is -0.335. The molecule has 0 radical (unpaired) electrons. The van der Waals surface area contributed by atoms with Crippen molar-refractivity contribution in [3.63, 3.8) is 0 Å². The van der Waals surface area contributed by atoms with Gasteiger partial charge in [-0.3, -0.25) is 4.79 Å². The van der Waals surface area contributed by atoms with Gasteiger partial charge in [-0.2, -0.15) is 13.2 Å². The molecular formula is C17H17F3N2OS. The summed E-state index contributed by atoms with van der Waals surface area (Å²) in [6.45, 7) is 1.85. The highest BCUT2D eigenvalue weighted by molar-refractivity contribution is 8.00. The number of carbonyl (C=O) groups is 1. The van der Waals surface area contributed by atoms with Crippen LogP contribution in [0.2, 0.25) is 0 Å². The molecule has 3 N–H and O–H groups in total. The molecule has 0 aliphatic carbocycles. The Morgan fingerprint density at radius 1 is 1.21 bits per heavy atom. The maximum atomic E-state index is 12.7. The number of nitrogens with two attached hydrogens (primary N) is 1. The Kier molecular flexibility index (Phi) is 5.77. The van der Waals surface area contributed by atoms with Crippen LogP contribution >= 0.6 is 11.8 Å². The number of anilines is 2. The quantitative estimate of drug-likeness (QED) is 0.599. The van der Waals surface area contributed by atoms with Gasteiger partial charge in [-0.1, -0.05) is 13.0 Å². The predicted molar refractivity (Wildman–Crippen MR) is 90.9 cm³/mol. The molecule has 0 bridgehead atoms. The van der Waals surface area contributed by atoms with Crippen molar-refractivity contribution in [1.82, 2.24) is 0 Å². The third-order valence-corrected chi connectivity index (χ3v) is 4.66. The predicted octanol–water partition coefficient (Wildman–Crippen LogP) is 4.80. The fourth-order valence-electron chi connectivity index (χ4n) is 2.03. The lowest BCUT2D eigenvalue weighted by Gasteiger charge is -2.16. The van der Waals surface area contributed by atoms with E-state index < -0.39 is 17.0 Å². The van der Waals surface area contributed by atoms with Crippen LogP contribution in [-0.4, -0.2) is 11.2 Å². The fraction of sp³-hybridized carbons (Fsp3) is 0.235. The van der Waals surface area contributed by atoms with Gasteiger partial charge in [-0.15, -0.1) is 11.8 Å². The van der Waals surface area contributed by atoms with Crippen molar-refractivity contribution in [3.8, 4) is 0 Å². The van der Waals surface area contributed by atoms with Crippen molar-refractivity contribution in [2.75, 3.05) is 11.1 Å². The molecule has 0 saturated carbocycles. The molecule has 1 unspecified atom stereocenters. The molecule has 7 heteroatoms. The molecule has 128 valence electrons. The number of nitrogens with one attached hydrogen (secondary N) is 1. The maximum absolute atomic E-state index is 12.7. The van der Waals surface area contributed by atoms with E-state index in [9.17, 15) is 18.0 Å². The van der Waals surface area contributed by atoms with Gasteiger partial charge in [0.2, 0.25) is 5.91 Å². The van der Waals surface area contributed by atoms with Crippen LogP contribution in [0.1, 0.15) is 18.9 Å². The highest BCUT2D eigenvalue weighted by atomic mass is 32.2. The first-order chi connectivity index (χ1) is 11.3. The van der Waals surface area contributed by atoms with E-state index in [1.807, 2.05) is 6.92 Å². The molecule has 0 fully saturated rings. The SMILES string of the molecule is CCC(Sc1ccc(N)cc1)C(=O)Nc1cccc(C(F)(F)F)c1. The van der Waals surface area contributed by atoms with Crippen LogP contribution in [0.5, 0.6) is 0 Å². The molecule has 0 aliphatic rings. The zero-order valence-corrected chi connectivity index (χ0v) is 13.7. The van der Waals surface area contributed by atoms with E-state index in [-0.39, 0.29) is 11.6 Å². The molecule has 2 aromatic rings. The number of hydrogen-bond donors (Lipinski definition) is 2. The van der Waals surface area contributed by atoms with E-state index in [4.69, 9.17) is 5.73 Å². The van der Waals surface area contributed by atoms with Crippen LogP contribution in [0.3, 0.4) is 0 Å². The highest BCUT2D eigenvalue weighted by Gasteiger charge is 2.30. The van der Waals surface area contributed by atoms with Crippen LogP contribution in [0.25, 0.3) is 0 Å². The van der Waals surface area contributed by atoms with Crippen molar-refractivity contribution in [2.45, 2.75) is 29.7 Å². The number of alkyl halides is 3. The normalized spacial score (nSPS) is 12.7. The Morgan fingerprint density at radius 3 is 2.46 bits per heavy atom. The lowest BCUT2D eigenvalue weighted by Crippen LogP contribution is -2.24. The number of hydrogen-bond acceptors (Lipinski definition) is 3. The maximum Gasteiger partial charge on any atom is 0.416 e. The van der Waals surface area contributed by atoms with E-state index in [0.717, 1.165) is 17.0 Å². The minimum absolute atomic E-state index is 0.131. The molecule has 0 spiro atoms. The Morgan fingerprint density at radius 2 is 1.88 bits per heavy atom. The molecule has 0 aliphatic heterocycles. The van der Waals surface area contributed by atoms with Gasteiger partial charge >= 0.3 is 6.18 Å². The molecule has 1 atom stereocenters. The van der Waals surface area contributed by atoms with Gasteiger partial charge in [0.05, 0.1) is 10.8 Å². The van der Waals surface area contributed by atoms with Crippen LogP contribution < -0.4 is 11.1 Å². The summed E-state index contributed by atoms with van der Waals surface area (Å²) in [6.07, 6.45) is -3.90. The van der Waals surface area contributed by atoms with Gasteiger partial charge in [0.1, 0.15) is 0 Å². The van der Waals surface area contributed by atoms with Gasteiger partial charge in [0.15, 0.2) is 0 Å². The molecule has 2 rings (SSSR count). The zero-order chi connectivity index (χ0) is 17.7. The number of rotatable bonds is 5. The molecule has 2 aromatic carbocycles. The zero-order valence-electron chi connectivity index (χ0n) is 12.9. The molecule has 0 aromatic heterocycles. The second-order valence-corrected chi connectivity index (χ2v) is 6.43. The summed E-state index contributed by atoms with van der Waals surface area (Å²) >= 11 is 1.34. The van der Waals surface area contributed by atoms with Gasteiger partial charge in [-0.25, -0.2) is 0 Å². The Balaban J connectivity index is 2.08. The lowest BCUT2D eigenvalue weighted by atomic mass is 10.2. The molecule has 3 nitrogen and oxygen atoms in total. The number of benzene rings is 2. The monoisotopic (exact) mass is 354 g/mol. The first kappa shape index (κ1) is 18.2.